The lowest BCUT2D eigenvalue weighted by molar-refractivity contribution is -0.133. The monoisotopic (exact) mass is 435 g/mol. The maximum absolute atomic E-state index is 13.7. The molecule has 0 aromatic heterocycles. The van der Waals surface area contributed by atoms with Gasteiger partial charge in [0, 0.05) is 44.5 Å². The lowest BCUT2D eigenvalue weighted by Gasteiger charge is -2.29. The zero-order chi connectivity index (χ0) is 23.3. The van der Waals surface area contributed by atoms with Gasteiger partial charge in [-0.05, 0) is 54.5 Å². The van der Waals surface area contributed by atoms with E-state index < -0.39 is 0 Å². The van der Waals surface area contributed by atoms with Gasteiger partial charge in [0.05, 0.1) is 5.92 Å². The molecule has 0 aliphatic heterocycles. The average Bonchev–Trinajstić information content (AvgIpc) is 3.58. The van der Waals surface area contributed by atoms with Gasteiger partial charge in [-0.1, -0.05) is 51.1 Å². The largest absolute Gasteiger partial charge is 0.377 e. The fourth-order valence-electron chi connectivity index (χ4n) is 4.02. The molecular formula is C27H37N3O2. The quantitative estimate of drug-likeness (QED) is 0.552. The molecule has 1 N–H and O–H groups in total. The van der Waals surface area contributed by atoms with Crippen molar-refractivity contribution in [1.29, 1.82) is 0 Å². The summed E-state index contributed by atoms with van der Waals surface area (Å²) in [5, 5.41) is 3.00. The Morgan fingerprint density at radius 3 is 2.31 bits per heavy atom. The molecule has 2 amide bonds. The fourth-order valence-corrected chi connectivity index (χ4v) is 4.02. The summed E-state index contributed by atoms with van der Waals surface area (Å²) >= 11 is 0. The van der Waals surface area contributed by atoms with Crippen molar-refractivity contribution in [1.82, 2.24) is 4.90 Å². The number of hydrogen-bond acceptors (Lipinski definition) is 3. The van der Waals surface area contributed by atoms with Crippen LogP contribution >= 0.6 is 0 Å². The highest BCUT2D eigenvalue weighted by Gasteiger charge is 2.31. The number of amides is 2. The first-order valence-corrected chi connectivity index (χ1v) is 11.7. The maximum Gasteiger partial charge on any atom is 0.230 e. The minimum atomic E-state index is -0.137. The summed E-state index contributed by atoms with van der Waals surface area (Å²) in [6.07, 6.45) is 3.16. The van der Waals surface area contributed by atoms with Crippen LogP contribution in [0.4, 0.5) is 11.4 Å². The lowest BCUT2D eigenvalue weighted by Crippen LogP contribution is -2.36. The maximum atomic E-state index is 13.7. The van der Waals surface area contributed by atoms with Crippen LogP contribution in [0, 0.1) is 11.8 Å². The smallest absolute Gasteiger partial charge is 0.230 e. The Morgan fingerprint density at radius 2 is 1.75 bits per heavy atom. The van der Waals surface area contributed by atoms with E-state index in [2.05, 4.69) is 29.3 Å². The van der Waals surface area contributed by atoms with E-state index >= 15 is 0 Å². The summed E-state index contributed by atoms with van der Waals surface area (Å²) in [6.45, 7) is 7.18. The number of carbonyl (C=O) groups is 2. The molecule has 1 aliphatic carbocycles. The third-order valence-corrected chi connectivity index (χ3v) is 6.11. The van der Waals surface area contributed by atoms with Crippen molar-refractivity contribution in [3.05, 3.63) is 59.7 Å². The molecule has 2 aromatic rings. The van der Waals surface area contributed by atoms with Crippen LogP contribution in [0.25, 0.3) is 0 Å². The van der Waals surface area contributed by atoms with Crippen LogP contribution in [-0.2, 0) is 16.1 Å². The second kappa shape index (κ2) is 10.7. The zero-order valence-electron chi connectivity index (χ0n) is 20.1. The van der Waals surface area contributed by atoms with E-state index in [-0.39, 0.29) is 23.7 Å². The normalized spacial score (nSPS) is 14.2. The summed E-state index contributed by atoms with van der Waals surface area (Å²) in [5.74, 6) is 0.554. The molecule has 0 heterocycles. The third-order valence-electron chi connectivity index (χ3n) is 6.11. The van der Waals surface area contributed by atoms with Crippen molar-refractivity contribution in [2.45, 2.75) is 52.5 Å². The summed E-state index contributed by atoms with van der Waals surface area (Å²) in [7, 11) is 4.02. The predicted molar refractivity (Wildman–Crippen MR) is 132 cm³/mol. The molecule has 0 radical (unpaired) electrons. The number of anilines is 2. The molecule has 0 bridgehead atoms. The molecule has 5 nitrogen and oxygen atoms in total. The van der Waals surface area contributed by atoms with Crippen LogP contribution in [0.15, 0.2) is 48.5 Å². The van der Waals surface area contributed by atoms with E-state index in [4.69, 9.17) is 0 Å². The number of benzene rings is 2. The van der Waals surface area contributed by atoms with Crippen LogP contribution < -0.4 is 10.2 Å². The van der Waals surface area contributed by atoms with Gasteiger partial charge in [0.1, 0.15) is 0 Å². The highest BCUT2D eigenvalue weighted by Crippen LogP contribution is 2.33. The molecule has 1 saturated carbocycles. The molecule has 172 valence electrons. The van der Waals surface area contributed by atoms with Crippen molar-refractivity contribution in [3.63, 3.8) is 0 Å². The van der Waals surface area contributed by atoms with Crippen LogP contribution in [0.2, 0.25) is 0 Å². The number of carbonyl (C=O) groups excluding carboxylic acids is 2. The Labute approximate surface area is 192 Å². The van der Waals surface area contributed by atoms with Gasteiger partial charge in [0.25, 0.3) is 0 Å². The number of nitrogens with zero attached hydrogens (tertiary/aromatic N) is 2. The van der Waals surface area contributed by atoms with E-state index in [1.165, 1.54) is 12.8 Å². The van der Waals surface area contributed by atoms with Crippen LogP contribution in [0.5, 0.6) is 0 Å². The van der Waals surface area contributed by atoms with Gasteiger partial charge in [-0.3, -0.25) is 9.59 Å². The first-order valence-electron chi connectivity index (χ1n) is 11.7. The summed E-state index contributed by atoms with van der Waals surface area (Å²) in [6, 6.07) is 16.1. The van der Waals surface area contributed by atoms with Gasteiger partial charge in [-0.25, -0.2) is 0 Å². The van der Waals surface area contributed by atoms with Crippen LogP contribution in [-0.4, -0.2) is 37.4 Å². The molecule has 32 heavy (non-hydrogen) atoms. The molecule has 2 aromatic carbocycles. The Hall–Kier alpha value is -2.82. The number of rotatable bonds is 10. The van der Waals surface area contributed by atoms with Gasteiger partial charge in [-0.2, -0.15) is 0 Å². The highest BCUT2D eigenvalue weighted by atomic mass is 16.2. The van der Waals surface area contributed by atoms with Crippen molar-refractivity contribution in [2.75, 3.05) is 30.9 Å². The van der Waals surface area contributed by atoms with Crippen LogP contribution in [0.1, 0.15) is 57.1 Å². The van der Waals surface area contributed by atoms with E-state index in [1.54, 1.807) is 0 Å². The van der Waals surface area contributed by atoms with Crippen molar-refractivity contribution >= 4 is 23.2 Å². The summed E-state index contributed by atoms with van der Waals surface area (Å²) < 4.78 is 0. The van der Waals surface area contributed by atoms with Gasteiger partial charge >= 0.3 is 0 Å². The SMILES string of the molecule is CC[C@@H](C(=O)N(Cc1cc(NC(=O)C(C)C)ccc1N(C)C)CC1CC1)c1ccccc1. The minimum Gasteiger partial charge on any atom is -0.377 e. The lowest BCUT2D eigenvalue weighted by atomic mass is 9.94. The van der Waals surface area contributed by atoms with Gasteiger partial charge < -0.3 is 15.1 Å². The standard InChI is InChI=1S/C27H37N3O2/c1-6-24(21-10-8-7-9-11-21)27(32)30(17-20-12-13-20)18-22-16-23(28-26(31)19(2)3)14-15-25(22)29(4)5/h7-11,14-16,19-20,24H,6,12-13,17-18H2,1-5H3,(H,28,31)/t24-/m1/s1. The van der Waals surface area contributed by atoms with Crippen molar-refractivity contribution in [2.24, 2.45) is 11.8 Å². The molecule has 3 rings (SSSR count). The van der Waals surface area contributed by atoms with E-state index in [0.29, 0.717) is 12.5 Å². The Bertz CT molecular complexity index is 920. The highest BCUT2D eigenvalue weighted by molar-refractivity contribution is 5.92. The molecule has 0 saturated heterocycles. The first-order chi connectivity index (χ1) is 15.3. The second-order valence-corrected chi connectivity index (χ2v) is 9.42. The van der Waals surface area contributed by atoms with Gasteiger partial charge in [0.15, 0.2) is 0 Å². The summed E-state index contributed by atoms with van der Waals surface area (Å²) in [5.41, 5.74) is 3.96. The average molecular weight is 436 g/mol. The first kappa shape index (κ1) is 23.8. The fraction of sp³-hybridized carbons (Fsp3) is 0.481. The Kier molecular flexibility index (Phi) is 7.94. The number of nitrogens with one attached hydrogen (secondary N) is 1. The van der Waals surface area contributed by atoms with E-state index in [0.717, 1.165) is 35.5 Å². The molecule has 1 aliphatic rings. The Morgan fingerprint density at radius 1 is 1.06 bits per heavy atom. The molecule has 1 atom stereocenters. The molecular weight excluding hydrogens is 398 g/mol. The molecule has 0 spiro atoms. The van der Waals surface area contributed by atoms with Crippen LogP contribution in [0.3, 0.4) is 0 Å². The minimum absolute atomic E-state index is 0.00501. The van der Waals surface area contributed by atoms with Crippen molar-refractivity contribution in [3.8, 4) is 0 Å². The number of hydrogen-bond donors (Lipinski definition) is 1. The zero-order valence-corrected chi connectivity index (χ0v) is 20.1. The third kappa shape index (κ3) is 6.12. The van der Waals surface area contributed by atoms with E-state index in [9.17, 15) is 9.59 Å². The van der Waals surface area contributed by atoms with Crippen molar-refractivity contribution < 1.29 is 9.59 Å². The molecule has 1 fully saturated rings. The molecule has 5 heteroatoms. The Balaban J connectivity index is 1.89. The predicted octanol–water partition coefficient (Wildman–Crippen LogP) is 5.28. The molecule has 0 unspecified atom stereocenters. The second-order valence-electron chi connectivity index (χ2n) is 9.42. The topological polar surface area (TPSA) is 52.7 Å². The van der Waals surface area contributed by atoms with Gasteiger partial charge in [0.2, 0.25) is 11.8 Å². The van der Waals surface area contributed by atoms with E-state index in [1.807, 2.05) is 69.2 Å². The summed E-state index contributed by atoms with van der Waals surface area (Å²) in [4.78, 5) is 30.0. The van der Waals surface area contributed by atoms with Gasteiger partial charge in [-0.15, -0.1) is 0 Å².